The Kier molecular flexibility index (Phi) is 5.91. The minimum absolute atomic E-state index is 0.0604. The third kappa shape index (κ3) is 4.38. The van der Waals surface area contributed by atoms with Crippen LogP contribution in [0.4, 0.5) is 0 Å². The van der Waals surface area contributed by atoms with Gasteiger partial charge in [-0.15, -0.1) is 0 Å². The summed E-state index contributed by atoms with van der Waals surface area (Å²) in [6.07, 6.45) is 7.53. The van der Waals surface area contributed by atoms with E-state index in [4.69, 9.17) is 4.42 Å². The van der Waals surface area contributed by atoms with Crippen molar-refractivity contribution in [1.82, 2.24) is 14.7 Å². The summed E-state index contributed by atoms with van der Waals surface area (Å²) in [6.45, 7) is 5.05. The second-order valence-corrected chi connectivity index (χ2v) is 6.69. The van der Waals surface area contributed by atoms with E-state index in [0.29, 0.717) is 25.4 Å². The summed E-state index contributed by atoms with van der Waals surface area (Å²) in [5, 5.41) is 0. The van der Waals surface area contributed by atoms with Gasteiger partial charge in [-0.3, -0.25) is 14.5 Å². The summed E-state index contributed by atoms with van der Waals surface area (Å²) >= 11 is 0. The lowest BCUT2D eigenvalue weighted by Gasteiger charge is -2.35. The maximum Gasteiger partial charge on any atom is 0.289 e. The highest BCUT2D eigenvalue weighted by atomic mass is 16.3. The van der Waals surface area contributed by atoms with Gasteiger partial charge in [0.15, 0.2) is 5.76 Å². The highest BCUT2D eigenvalue weighted by Crippen LogP contribution is 2.12. The van der Waals surface area contributed by atoms with Gasteiger partial charge < -0.3 is 14.2 Å². The molecular weight excluding hydrogens is 306 g/mol. The van der Waals surface area contributed by atoms with Crippen LogP contribution in [0.25, 0.3) is 0 Å². The number of carbonyl (C=O) groups excluding carboxylic acids is 2. The second kappa shape index (κ2) is 8.33. The number of carbonyl (C=O) groups is 2. The average Bonchev–Trinajstić information content (AvgIpc) is 3.09. The molecule has 3 rings (SSSR count). The molecule has 0 aliphatic carbocycles. The molecule has 6 heteroatoms. The molecule has 0 atom stereocenters. The van der Waals surface area contributed by atoms with Crippen LogP contribution in [0, 0.1) is 0 Å². The van der Waals surface area contributed by atoms with E-state index in [-0.39, 0.29) is 11.8 Å². The molecule has 2 aliphatic rings. The van der Waals surface area contributed by atoms with Gasteiger partial charge in [0, 0.05) is 39.3 Å². The van der Waals surface area contributed by atoms with Crippen LogP contribution in [0.3, 0.4) is 0 Å². The van der Waals surface area contributed by atoms with Gasteiger partial charge >= 0.3 is 0 Å². The Balaban J connectivity index is 1.44. The van der Waals surface area contributed by atoms with E-state index < -0.39 is 0 Å². The van der Waals surface area contributed by atoms with Gasteiger partial charge in [-0.2, -0.15) is 0 Å². The number of hydrogen-bond acceptors (Lipinski definition) is 4. The molecule has 0 bridgehead atoms. The normalized spacial score (nSPS) is 20.5. The molecular formula is C18H27N3O3. The summed E-state index contributed by atoms with van der Waals surface area (Å²) in [7, 11) is 0. The Morgan fingerprint density at radius 1 is 0.875 bits per heavy atom. The first-order valence-corrected chi connectivity index (χ1v) is 9.07. The maximum atomic E-state index is 12.5. The first kappa shape index (κ1) is 17.0. The minimum Gasteiger partial charge on any atom is -0.459 e. The van der Waals surface area contributed by atoms with Gasteiger partial charge in [-0.25, -0.2) is 0 Å². The Morgan fingerprint density at radius 3 is 2.17 bits per heavy atom. The lowest BCUT2D eigenvalue weighted by atomic mass is 10.1. The number of piperazine rings is 1. The summed E-state index contributed by atoms with van der Waals surface area (Å²) in [5.74, 6) is 0.567. The van der Waals surface area contributed by atoms with Crippen molar-refractivity contribution in [2.75, 3.05) is 45.8 Å². The van der Waals surface area contributed by atoms with Crippen molar-refractivity contribution < 1.29 is 14.0 Å². The predicted molar refractivity (Wildman–Crippen MR) is 90.7 cm³/mol. The number of likely N-dealkylation sites (tertiary alicyclic amines) is 1. The van der Waals surface area contributed by atoms with Crippen molar-refractivity contribution in [2.45, 2.75) is 32.1 Å². The zero-order valence-electron chi connectivity index (χ0n) is 14.3. The molecule has 0 saturated carbocycles. The number of rotatable bonds is 3. The second-order valence-electron chi connectivity index (χ2n) is 6.69. The summed E-state index contributed by atoms with van der Waals surface area (Å²) in [6, 6.07) is 3.42. The number of amides is 2. The number of nitrogens with zero attached hydrogens (tertiary/aromatic N) is 3. The molecule has 1 aromatic rings. The van der Waals surface area contributed by atoms with Crippen LogP contribution in [0.1, 0.15) is 42.7 Å². The highest BCUT2D eigenvalue weighted by Gasteiger charge is 2.25. The molecule has 3 heterocycles. The zero-order valence-corrected chi connectivity index (χ0v) is 14.3. The topological polar surface area (TPSA) is 57.0 Å². The quantitative estimate of drug-likeness (QED) is 0.847. The van der Waals surface area contributed by atoms with E-state index in [2.05, 4.69) is 4.90 Å². The highest BCUT2D eigenvalue weighted by molar-refractivity contribution is 5.91. The fourth-order valence-electron chi connectivity index (χ4n) is 3.45. The van der Waals surface area contributed by atoms with Crippen molar-refractivity contribution in [1.29, 1.82) is 0 Å². The van der Waals surface area contributed by atoms with E-state index in [9.17, 15) is 9.59 Å². The fourth-order valence-corrected chi connectivity index (χ4v) is 3.45. The van der Waals surface area contributed by atoms with Gasteiger partial charge in [-0.05, 0) is 25.0 Å². The summed E-state index contributed by atoms with van der Waals surface area (Å²) in [5.41, 5.74) is 0. The Morgan fingerprint density at radius 2 is 1.54 bits per heavy atom. The molecule has 2 saturated heterocycles. The average molecular weight is 333 g/mol. The Labute approximate surface area is 143 Å². The Bertz CT molecular complexity index is 528. The van der Waals surface area contributed by atoms with Crippen LogP contribution in [0.2, 0.25) is 0 Å². The largest absolute Gasteiger partial charge is 0.459 e. The monoisotopic (exact) mass is 333 g/mol. The maximum absolute atomic E-state index is 12.5. The van der Waals surface area contributed by atoms with Crippen molar-refractivity contribution in [3.05, 3.63) is 24.2 Å². The minimum atomic E-state index is -0.0604. The van der Waals surface area contributed by atoms with Crippen molar-refractivity contribution in [3.8, 4) is 0 Å². The van der Waals surface area contributed by atoms with E-state index in [1.54, 1.807) is 17.0 Å². The van der Waals surface area contributed by atoms with Crippen LogP contribution < -0.4 is 0 Å². The van der Waals surface area contributed by atoms with E-state index >= 15 is 0 Å². The molecule has 2 aliphatic heterocycles. The van der Waals surface area contributed by atoms with Gasteiger partial charge in [0.2, 0.25) is 5.91 Å². The third-order valence-electron chi connectivity index (χ3n) is 4.96. The molecule has 0 N–H and O–H groups in total. The summed E-state index contributed by atoms with van der Waals surface area (Å²) in [4.78, 5) is 30.8. The predicted octanol–water partition coefficient (Wildman–Crippen LogP) is 1.83. The van der Waals surface area contributed by atoms with Gasteiger partial charge in [0.1, 0.15) is 0 Å². The van der Waals surface area contributed by atoms with Crippen LogP contribution in [-0.4, -0.2) is 72.3 Å². The molecule has 2 fully saturated rings. The van der Waals surface area contributed by atoms with Gasteiger partial charge in [-0.1, -0.05) is 19.3 Å². The van der Waals surface area contributed by atoms with Gasteiger partial charge in [0.05, 0.1) is 12.8 Å². The van der Waals surface area contributed by atoms with Crippen molar-refractivity contribution >= 4 is 11.8 Å². The standard InChI is InChI=1S/C18H27N3O3/c22-17(20-8-4-2-1-3-5-9-20)15-19-10-12-21(13-11-19)18(23)16-7-6-14-24-16/h6-7,14H,1-5,8-13,15H2. The van der Waals surface area contributed by atoms with Crippen LogP contribution in [0.5, 0.6) is 0 Å². The van der Waals surface area contributed by atoms with E-state index in [1.165, 1.54) is 25.5 Å². The van der Waals surface area contributed by atoms with E-state index in [0.717, 1.165) is 39.0 Å². The number of hydrogen-bond donors (Lipinski definition) is 0. The molecule has 132 valence electrons. The molecule has 0 unspecified atom stereocenters. The molecule has 0 radical (unpaired) electrons. The molecule has 2 amide bonds. The third-order valence-corrected chi connectivity index (χ3v) is 4.96. The van der Waals surface area contributed by atoms with Crippen molar-refractivity contribution in [3.63, 3.8) is 0 Å². The summed E-state index contributed by atoms with van der Waals surface area (Å²) < 4.78 is 5.18. The SMILES string of the molecule is O=C(CN1CCN(C(=O)c2ccco2)CC1)N1CCCCCCC1. The van der Waals surface area contributed by atoms with E-state index in [1.807, 2.05) is 4.90 Å². The lowest BCUT2D eigenvalue weighted by Crippen LogP contribution is -2.51. The van der Waals surface area contributed by atoms with Crippen LogP contribution in [0.15, 0.2) is 22.8 Å². The van der Waals surface area contributed by atoms with Crippen molar-refractivity contribution in [2.24, 2.45) is 0 Å². The lowest BCUT2D eigenvalue weighted by molar-refractivity contribution is -0.133. The number of furan rings is 1. The zero-order chi connectivity index (χ0) is 16.8. The first-order valence-electron chi connectivity index (χ1n) is 9.07. The smallest absolute Gasteiger partial charge is 0.289 e. The fraction of sp³-hybridized carbons (Fsp3) is 0.667. The van der Waals surface area contributed by atoms with Crippen LogP contribution >= 0.6 is 0 Å². The molecule has 24 heavy (non-hydrogen) atoms. The molecule has 0 aromatic carbocycles. The van der Waals surface area contributed by atoms with Crippen LogP contribution in [-0.2, 0) is 4.79 Å². The molecule has 1 aromatic heterocycles. The van der Waals surface area contributed by atoms with Gasteiger partial charge in [0.25, 0.3) is 5.91 Å². The molecule has 6 nitrogen and oxygen atoms in total. The first-order chi connectivity index (χ1) is 11.7. The Hall–Kier alpha value is -1.82. The molecule has 0 spiro atoms.